The van der Waals surface area contributed by atoms with E-state index in [9.17, 15) is 0 Å². The molecule has 2 aliphatic heterocycles. The number of halogens is 2. The van der Waals surface area contributed by atoms with Crippen LogP contribution in [0, 0.1) is 11.8 Å². The molecular formula is C36H70Br2N2. The summed E-state index contributed by atoms with van der Waals surface area (Å²) in [6, 6.07) is 0. The molecule has 2 saturated heterocycles. The summed E-state index contributed by atoms with van der Waals surface area (Å²) < 4.78 is 2.64. The average molecular weight is 691 g/mol. The van der Waals surface area contributed by atoms with E-state index in [2.05, 4.69) is 25.7 Å². The maximum atomic E-state index is 3.75. The van der Waals surface area contributed by atoms with Gasteiger partial charge < -0.3 is 42.9 Å². The maximum Gasteiger partial charge on any atom is 0.141 e. The van der Waals surface area contributed by atoms with Crippen molar-refractivity contribution in [1.82, 2.24) is 0 Å². The molecule has 0 bridgehead atoms. The Labute approximate surface area is 273 Å². The zero-order valence-electron chi connectivity index (χ0n) is 27.3. The number of nitrogens with zero attached hydrogens (tertiary/aromatic N) is 2. The fraction of sp³-hybridized carbons (Fsp3) is 0.944. The number of rotatable bonds is 24. The Morgan fingerprint density at radius 2 is 0.625 bits per heavy atom. The molecular weight excluding hydrogens is 620 g/mol. The molecule has 238 valence electrons. The number of hydrogen-bond donors (Lipinski definition) is 0. The molecule has 2 heterocycles. The van der Waals surface area contributed by atoms with E-state index < -0.39 is 0 Å². The highest BCUT2D eigenvalue weighted by Gasteiger charge is 2.32. The molecule has 0 unspecified atom stereocenters. The lowest BCUT2D eigenvalue weighted by molar-refractivity contribution is -0.911. The van der Waals surface area contributed by atoms with Gasteiger partial charge in [-0.25, -0.2) is 0 Å². The first kappa shape index (κ1) is 40.4. The van der Waals surface area contributed by atoms with Gasteiger partial charge in [0.15, 0.2) is 0 Å². The van der Waals surface area contributed by atoms with Crippen LogP contribution >= 0.6 is 0 Å². The standard InChI is InChI=1S/C36H70N2.2BrH/c1-3-5-7-9-11-13-15-17-19-21-29-37(31-23-24-32-37)35-27-28-36-38(33-25-26-34-38)30-22-20-18-16-14-12-10-8-6-4-2;;/h3-26,29-36H2,1-2H3;2*1H/q+2;;/p-2. The summed E-state index contributed by atoms with van der Waals surface area (Å²) in [5.74, 6) is 7.50. The Morgan fingerprint density at radius 1 is 0.375 bits per heavy atom. The Bertz CT molecular complexity index is 550. The first-order valence-corrected chi connectivity index (χ1v) is 17.9. The van der Waals surface area contributed by atoms with Crippen LogP contribution in [0.1, 0.15) is 168 Å². The third-order valence-corrected chi connectivity index (χ3v) is 9.96. The fourth-order valence-electron chi connectivity index (χ4n) is 7.25. The molecule has 0 aromatic heterocycles. The van der Waals surface area contributed by atoms with Crippen LogP contribution in [0.3, 0.4) is 0 Å². The highest BCUT2D eigenvalue weighted by Crippen LogP contribution is 2.23. The Kier molecular flexibility index (Phi) is 27.3. The van der Waals surface area contributed by atoms with Crippen molar-refractivity contribution < 1.29 is 42.9 Å². The molecule has 0 aromatic rings. The molecule has 0 aromatic carbocycles. The Morgan fingerprint density at radius 3 is 0.900 bits per heavy atom. The third kappa shape index (κ3) is 18.9. The zero-order valence-corrected chi connectivity index (χ0v) is 30.4. The lowest BCUT2D eigenvalue weighted by Crippen LogP contribution is -3.00. The van der Waals surface area contributed by atoms with Gasteiger partial charge in [0.05, 0.1) is 39.3 Å². The van der Waals surface area contributed by atoms with Crippen LogP contribution in [-0.4, -0.2) is 61.3 Å². The highest BCUT2D eigenvalue weighted by atomic mass is 79.9. The molecule has 0 saturated carbocycles. The SMILES string of the molecule is CCCCCCCCCCCC[N+]1(CC#CC[N+]2(CCCCCCCCCCCC)CCCC2)CCCC1.[Br-].[Br-]. The van der Waals surface area contributed by atoms with E-state index in [1.54, 1.807) is 0 Å². The van der Waals surface area contributed by atoms with Crippen LogP contribution < -0.4 is 34.0 Å². The largest absolute Gasteiger partial charge is 1.00 e. The van der Waals surface area contributed by atoms with Crippen molar-refractivity contribution in [3.8, 4) is 11.8 Å². The van der Waals surface area contributed by atoms with Gasteiger partial charge in [-0.1, -0.05) is 117 Å². The number of hydrogen-bond acceptors (Lipinski definition) is 0. The van der Waals surface area contributed by atoms with Gasteiger partial charge in [-0.15, -0.1) is 0 Å². The third-order valence-electron chi connectivity index (χ3n) is 9.96. The summed E-state index contributed by atoms with van der Waals surface area (Å²) in [6.45, 7) is 15.3. The van der Waals surface area contributed by atoms with Crippen molar-refractivity contribution >= 4 is 0 Å². The van der Waals surface area contributed by atoms with Crippen molar-refractivity contribution in [2.24, 2.45) is 0 Å². The number of likely N-dealkylation sites (tertiary alicyclic amines) is 2. The Balaban J connectivity index is 0.00000760. The summed E-state index contributed by atoms with van der Waals surface area (Å²) in [5.41, 5.74) is 0. The second kappa shape index (κ2) is 27.0. The van der Waals surface area contributed by atoms with Crippen molar-refractivity contribution in [2.45, 2.75) is 168 Å². The molecule has 2 aliphatic rings. The summed E-state index contributed by atoms with van der Waals surface area (Å²) >= 11 is 0. The monoisotopic (exact) mass is 688 g/mol. The second-order valence-electron chi connectivity index (χ2n) is 13.5. The fourth-order valence-corrected chi connectivity index (χ4v) is 7.25. The molecule has 0 atom stereocenters. The minimum Gasteiger partial charge on any atom is -1.00 e. The van der Waals surface area contributed by atoms with Gasteiger partial charge in [-0.05, 0) is 37.5 Å². The van der Waals surface area contributed by atoms with E-state index >= 15 is 0 Å². The highest BCUT2D eigenvalue weighted by molar-refractivity contribution is 5.00. The lowest BCUT2D eigenvalue weighted by atomic mass is 10.1. The predicted molar refractivity (Wildman–Crippen MR) is 169 cm³/mol. The van der Waals surface area contributed by atoms with Crippen molar-refractivity contribution in [1.29, 1.82) is 0 Å². The van der Waals surface area contributed by atoms with Crippen molar-refractivity contribution in [2.75, 3.05) is 52.4 Å². The predicted octanol–water partition coefficient (Wildman–Crippen LogP) is 4.06. The van der Waals surface area contributed by atoms with Crippen LogP contribution in [0.15, 0.2) is 0 Å². The first-order chi connectivity index (χ1) is 18.7. The van der Waals surface area contributed by atoms with Gasteiger partial charge in [0.25, 0.3) is 0 Å². The molecule has 0 aliphatic carbocycles. The molecule has 4 heteroatoms. The second-order valence-corrected chi connectivity index (χ2v) is 13.5. The van der Waals surface area contributed by atoms with E-state index in [4.69, 9.17) is 0 Å². The van der Waals surface area contributed by atoms with E-state index in [1.165, 1.54) is 202 Å². The Hall–Kier alpha value is 0.440. The van der Waals surface area contributed by atoms with Gasteiger partial charge in [-0.2, -0.15) is 0 Å². The van der Waals surface area contributed by atoms with E-state index in [-0.39, 0.29) is 34.0 Å². The molecule has 2 nitrogen and oxygen atoms in total. The first-order valence-electron chi connectivity index (χ1n) is 17.9. The molecule has 0 radical (unpaired) electrons. The van der Waals surface area contributed by atoms with Crippen LogP contribution in [0.5, 0.6) is 0 Å². The number of quaternary nitrogens is 2. The summed E-state index contributed by atoms with van der Waals surface area (Å²) in [7, 11) is 0. The van der Waals surface area contributed by atoms with Gasteiger partial charge in [0, 0.05) is 25.7 Å². The van der Waals surface area contributed by atoms with E-state index in [0.29, 0.717) is 0 Å². The van der Waals surface area contributed by atoms with Gasteiger partial charge in [-0.3, -0.25) is 0 Å². The zero-order chi connectivity index (χ0) is 27.0. The quantitative estimate of drug-likeness (QED) is 0.0816. The minimum absolute atomic E-state index is 0. The van der Waals surface area contributed by atoms with Crippen LogP contribution in [-0.2, 0) is 0 Å². The maximum absolute atomic E-state index is 3.75. The molecule has 2 rings (SSSR count). The topological polar surface area (TPSA) is 0 Å². The van der Waals surface area contributed by atoms with Gasteiger partial charge in [0.2, 0.25) is 0 Å². The lowest BCUT2D eigenvalue weighted by Gasteiger charge is -2.33. The minimum atomic E-state index is 0. The molecule has 0 amide bonds. The molecule has 40 heavy (non-hydrogen) atoms. The van der Waals surface area contributed by atoms with Crippen molar-refractivity contribution in [3.63, 3.8) is 0 Å². The number of unbranched alkanes of at least 4 members (excludes halogenated alkanes) is 18. The summed E-state index contributed by atoms with van der Waals surface area (Å²) in [6.07, 6.45) is 34.6. The molecule has 0 N–H and O–H groups in total. The smallest absolute Gasteiger partial charge is 0.141 e. The summed E-state index contributed by atoms with van der Waals surface area (Å²) in [4.78, 5) is 0. The van der Waals surface area contributed by atoms with Crippen LogP contribution in [0.4, 0.5) is 0 Å². The summed E-state index contributed by atoms with van der Waals surface area (Å²) in [5, 5.41) is 0. The van der Waals surface area contributed by atoms with Crippen LogP contribution in [0.2, 0.25) is 0 Å². The molecule has 2 fully saturated rings. The van der Waals surface area contributed by atoms with Gasteiger partial charge in [0.1, 0.15) is 13.1 Å². The van der Waals surface area contributed by atoms with Crippen LogP contribution in [0.25, 0.3) is 0 Å². The van der Waals surface area contributed by atoms with E-state index in [0.717, 1.165) is 13.1 Å². The normalized spacial score (nSPS) is 17.1. The van der Waals surface area contributed by atoms with Gasteiger partial charge >= 0.3 is 0 Å². The van der Waals surface area contributed by atoms with Crippen molar-refractivity contribution in [3.05, 3.63) is 0 Å². The average Bonchev–Trinajstić information content (AvgIpc) is 3.60. The van der Waals surface area contributed by atoms with E-state index in [1.807, 2.05) is 0 Å². The molecule has 0 spiro atoms.